The van der Waals surface area contributed by atoms with Gasteiger partial charge in [0, 0.05) is 5.56 Å². The van der Waals surface area contributed by atoms with Crippen LogP contribution in [0.15, 0.2) is 48.5 Å². The molecule has 18 heavy (non-hydrogen) atoms. The minimum Gasteiger partial charge on any atom is -0.295 e. The molecular formula is C17H20O. The topological polar surface area (TPSA) is 17.1 Å². The quantitative estimate of drug-likeness (QED) is 0.707. The zero-order valence-corrected chi connectivity index (χ0v) is 10.2. The van der Waals surface area contributed by atoms with E-state index in [0.29, 0.717) is 0 Å². The molecule has 0 bridgehead atoms. The van der Waals surface area contributed by atoms with Crippen molar-refractivity contribution >= 4 is 5.78 Å². The van der Waals surface area contributed by atoms with Gasteiger partial charge in [0.15, 0.2) is 5.78 Å². The molecule has 0 saturated carbocycles. The van der Waals surface area contributed by atoms with Gasteiger partial charge in [-0.2, -0.15) is 0 Å². The first-order chi connectivity index (χ1) is 8.22. The number of hydrogen-bond acceptors (Lipinski definition) is 1. The second-order valence-electron chi connectivity index (χ2n) is 4.15. The van der Waals surface area contributed by atoms with Crippen LogP contribution in [0.3, 0.4) is 0 Å². The van der Waals surface area contributed by atoms with Crippen LogP contribution >= 0.6 is 0 Å². The Bertz CT molecular complexity index is 527. The summed E-state index contributed by atoms with van der Waals surface area (Å²) in [6, 6.07) is 16.3. The van der Waals surface area contributed by atoms with E-state index in [0.717, 1.165) is 17.5 Å². The molecule has 0 unspecified atom stereocenters. The molecule has 94 valence electrons. The third-order valence-electron chi connectivity index (χ3n) is 2.97. The fourth-order valence-electron chi connectivity index (χ4n) is 2.04. The van der Waals surface area contributed by atoms with Gasteiger partial charge >= 0.3 is 0 Å². The zero-order valence-electron chi connectivity index (χ0n) is 10.2. The third-order valence-corrected chi connectivity index (χ3v) is 2.97. The van der Waals surface area contributed by atoms with Crippen LogP contribution < -0.4 is 0 Å². The molecule has 0 aliphatic heterocycles. The van der Waals surface area contributed by atoms with E-state index in [1.54, 1.807) is 6.92 Å². The van der Waals surface area contributed by atoms with Crippen molar-refractivity contribution in [2.24, 2.45) is 0 Å². The van der Waals surface area contributed by atoms with Crippen LogP contribution in [0.2, 0.25) is 0 Å². The molecule has 0 saturated heterocycles. The fourth-order valence-corrected chi connectivity index (χ4v) is 2.04. The van der Waals surface area contributed by atoms with Gasteiger partial charge in [0.2, 0.25) is 0 Å². The minimum absolute atomic E-state index is 0. The van der Waals surface area contributed by atoms with Crippen LogP contribution in [-0.2, 0) is 6.42 Å². The van der Waals surface area contributed by atoms with Gasteiger partial charge in [0.25, 0.3) is 0 Å². The maximum atomic E-state index is 11.5. The smallest absolute Gasteiger partial charge is 0.160 e. The van der Waals surface area contributed by atoms with E-state index in [1.807, 2.05) is 30.3 Å². The van der Waals surface area contributed by atoms with E-state index in [2.05, 4.69) is 25.1 Å². The predicted molar refractivity (Wildman–Crippen MR) is 78.0 cm³/mol. The Morgan fingerprint density at radius 2 is 1.67 bits per heavy atom. The van der Waals surface area contributed by atoms with Gasteiger partial charge in [-0.05, 0) is 30.0 Å². The average molecular weight is 240 g/mol. The summed E-state index contributed by atoms with van der Waals surface area (Å²) in [4.78, 5) is 11.5. The summed E-state index contributed by atoms with van der Waals surface area (Å²) in [6.07, 6.45) is 0.885. The van der Waals surface area contributed by atoms with Gasteiger partial charge in [0.05, 0.1) is 0 Å². The molecule has 1 heteroatoms. The van der Waals surface area contributed by atoms with Gasteiger partial charge < -0.3 is 0 Å². The SMILES string of the molecule is C.CCc1cc(-c2ccccc2)ccc1C(C)=O. The third kappa shape index (κ3) is 2.86. The Morgan fingerprint density at radius 3 is 2.22 bits per heavy atom. The van der Waals surface area contributed by atoms with E-state index in [-0.39, 0.29) is 13.2 Å². The summed E-state index contributed by atoms with van der Waals surface area (Å²) < 4.78 is 0. The largest absolute Gasteiger partial charge is 0.295 e. The Kier molecular flexibility index (Phi) is 4.85. The van der Waals surface area contributed by atoms with Crippen molar-refractivity contribution in [1.82, 2.24) is 0 Å². The molecule has 0 aromatic heterocycles. The number of hydrogen-bond donors (Lipinski definition) is 0. The lowest BCUT2D eigenvalue weighted by atomic mass is 9.96. The maximum absolute atomic E-state index is 11.5. The molecule has 0 aliphatic rings. The minimum atomic E-state index is 0. The van der Waals surface area contributed by atoms with Crippen LogP contribution in [0.4, 0.5) is 0 Å². The lowest BCUT2D eigenvalue weighted by molar-refractivity contribution is 0.101. The van der Waals surface area contributed by atoms with Crippen molar-refractivity contribution in [2.45, 2.75) is 27.7 Å². The summed E-state index contributed by atoms with van der Waals surface area (Å²) in [6.45, 7) is 3.70. The number of aryl methyl sites for hydroxylation is 1. The van der Waals surface area contributed by atoms with Crippen molar-refractivity contribution in [2.75, 3.05) is 0 Å². The maximum Gasteiger partial charge on any atom is 0.160 e. The number of benzene rings is 2. The van der Waals surface area contributed by atoms with Crippen molar-refractivity contribution < 1.29 is 4.79 Å². The molecule has 0 amide bonds. The lowest BCUT2D eigenvalue weighted by Gasteiger charge is -2.08. The first-order valence-corrected chi connectivity index (χ1v) is 5.91. The number of Topliss-reactive ketones (excluding diaryl/α,β-unsaturated/α-hetero) is 1. The molecule has 0 N–H and O–H groups in total. The lowest BCUT2D eigenvalue weighted by Crippen LogP contribution is -1.98. The Balaban J connectivity index is 0.00000162. The highest BCUT2D eigenvalue weighted by atomic mass is 16.1. The summed E-state index contributed by atoms with van der Waals surface area (Å²) in [7, 11) is 0. The van der Waals surface area contributed by atoms with Crippen molar-refractivity contribution in [3.8, 4) is 11.1 Å². The van der Waals surface area contributed by atoms with Crippen LogP contribution in [0.1, 0.15) is 37.2 Å². The second kappa shape index (κ2) is 6.15. The zero-order chi connectivity index (χ0) is 12.3. The van der Waals surface area contributed by atoms with Crippen molar-refractivity contribution in [3.05, 3.63) is 59.7 Å². The van der Waals surface area contributed by atoms with Gasteiger partial charge in [-0.3, -0.25) is 4.79 Å². The first kappa shape index (κ1) is 14.2. The van der Waals surface area contributed by atoms with E-state index in [1.165, 1.54) is 11.1 Å². The number of ketones is 1. The van der Waals surface area contributed by atoms with E-state index >= 15 is 0 Å². The van der Waals surface area contributed by atoms with Gasteiger partial charge in [0.1, 0.15) is 0 Å². The van der Waals surface area contributed by atoms with E-state index in [9.17, 15) is 4.79 Å². The first-order valence-electron chi connectivity index (χ1n) is 5.91. The van der Waals surface area contributed by atoms with Gasteiger partial charge in [-0.1, -0.05) is 62.9 Å². The summed E-state index contributed by atoms with van der Waals surface area (Å²) >= 11 is 0. The highest BCUT2D eigenvalue weighted by Gasteiger charge is 2.07. The second-order valence-corrected chi connectivity index (χ2v) is 4.15. The molecular weight excluding hydrogens is 220 g/mol. The molecule has 0 spiro atoms. The number of rotatable bonds is 3. The number of carbonyl (C=O) groups is 1. The number of carbonyl (C=O) groups excluding carboxylic acids is 1. The molecule has 0 atom stereocenters. The normalized spacial score (nSPS) is 9.67. The predicted octanol–water partition coefficient (Wildman–Crippen LogP) is 4.75. The fraction of sp³-hybridized carbons (Fsp3) is 0.235. The summed E-state index contributed by atoms with van der Waals surface area (Å²) in [5.41, 5.74) is 4.33. The molecule has 2 rings (SSSR count). The average Bonchev–Trinajstić information content (AvgIpc) is 2.39. The molecule has 2 aromatic carbocycles. The van der Waals surface area contributed by atoms with Crippen molar-refractivity contribution in [3.63, 3.8) is 0 Å². The van der Waals surface area contributed by atoms with Gasteiger partial charge in [-0.15, -0.1) is 0 Å². The Morgan fingerprint density at radius 1 is 1.00 bits per heavy atom. The summed E-state index contributed by atoms with van der Waals surface area (Å²) in [5, 5.41) is 0. The Labute approximate surface area is 109 Å². The molecule has 1 nitrogen and oxygen atoms in total. The standard InChI is InChI=1S/C16H16O.CH4/c1-3-13-11-15(9-10-16(13)12(2)17)14-7-5-4-6-8-14;/h4-11H,3H2,1-2H3;1H4. The van der Waals surface area contributed by atoms with Crippen LogP contribution in [-0.4, -0.2) is 5.78 Å². The monoisotopic (exact) mass is 240 g/mol. The molecule has 0 aliphatic carbocycles. The molecule has 0 radical (unpaired) electrons. The van der Waals surface area contributed by atoms with Crippen LogP contribution in [0.5, 0.6) is 0 Å². The van der Waals surface area contributed by atoms with Crippen molar-refractivity contribution in [1.29, 1.82) is 0 Å². The van der Waals surface area contributed by atoms with E-state index < -0.39 is 0 Å². The molecule has 2 aromatic rings. The Hall–Kier alpha value is -1.89. The highest BCUT2D eigenvalue weighted by Crippen LogP contribution is 2.23. The van der Waals surface area contributed by atoms with Crippen LogP contribution in [0, 0.1) is 0 Å². The molecule has 0 fully saturated rings. The molecule has 0 heterocycles. The van der Waals surface area contributed by atoms with Crippen LogP contribution in [0.25, 0.3) is 11.1 Å². The highest BCUT2D eigenvalue weighted by molar-refractivity contribution is 5.96. The summed E-state index contributed by atoms with van der Waals surface area (Å²) in [5.74, 6) is 0.140. The van der Waals surface area contributed by atoms with E-state index in [4.69, 9.17) is 0 Å². The van der Waals surface area contributed by atoms with Gasteiger partial charge in [-0.25, -0.2) is 0 Å².